The second-order valence-electron chi connectivity index (χ2n) is 11.9. The van der Waals surface area contributed by atoms with Crippen molar-refractivity contribution in [1.82, 2.24) is 20.5 Å². The molecule has 3 aromatic rings. The van der Waals surface area contributed by atoms with Crippen LogP contribution in [0.2, 0.25) is 0 Å². The Morgan fingerprint density at radius 3 is 2.62 bits per heavy atom. The number of amides is 3. The van der Waals surface area contributed by atoms with E-state index in [9.17, 15) is 14.4 Å². The van der Waals surface area contributed by atoms with E-state index in [1.807, 2.05) is 61.7 Å². The molecule has 2 aliphatic heterocycles. The van der Waals surface area contributed by atoms with E-state index < -0.39 is 5.41 Å². The summed E-state index contributed by atoms with van der Waals surface area (Å²) in [6, 6.07) is 14.5. The highest BCUT2D eigenvalue weighted by Gasteiger charge is 2.41. The number of anilines is 1. The fourth-order valence-electron chi connectivity index (χ4n) is 5.57. The van der Waals surface area contributed by atoms with Crippen LogP contribution < -0.4 is 25.4 Å². The lowest BCUT2D eigenvalue weighted by molar-refractivity contribution is -0.135. The number of allylic oxidation sites excluding steroid dienone is 1. The number of hydrogen-bond donors (Lipinski definition) is 3. The molecular formula is C34H41N5O5S. The topological polar surface area (TPSA) is 122 Å². The van der Waals surface area contributed by atoms with Gasteiger partial charge in [-0.05, 0) is 74.7 Å². The van der Waals surface area contributed by atoms with Crippen LogP contribution >= 0.6 is 11.3 Å². The van der Waals surface area contributed by atoms with Crippen molar-refractivity contribution in [3.05, 3.63) is 71.6 Å². The van der Waals surface area contributed by atoms with Gasteiger partial charge < -0.3 is 25.4 Å². The quantitative estimate of drug-likeness (QED) is 0.336. The van der Waals surface area contributed by atoms with Crippen LogP contribution in [-0.4, -0.2) is 73.5 Å². The molecule has 3 N–H and O–H groups in total. The Morgan fingerprint density at radius 1 is 1.13 bits per heavy atom. The van der Waals surface area contributed by atoms with Gasteiger partial charge >= 0.3 is 0 Å². The van der Waals surface area contributed by atoms with E-state index in [1.54, 1.807) is 25.3 Å². The number of likely N-dealkylation sites (tertiary alicyclic amines) is 1. The normalized spacial score (nSPS) is 19.9. The van der Waals surface area contributed by atoms with Crippen LogP contribution in [0.1, 0.15) is 43.5 Å². The first-order valence-electron chi connectivity index (χ1n) is 15.3. The molecule has 1 saturated heterocycles. The van der Waals surface area contributed by atoms with Gasteiger partial charge in [0.2, 0.25) is 11.8 Å². The summed E-state index contributed by atoms with van der Waals surface area (Å²) in [5, 5.41) is 11.6. The highest BCUT2D eigenvalue weighted by Crippen LogP contribution is 2.36. The molecule has 11 heteroatoms. The van der Waals surface area contributed by atoms with E-state index in [0.29, 0.717) is 55.3 Å². The number of hydrogen-bond acceptors (Lipinski definition) is 8. The fraction of sp³-hybridized carbons (Fsp3) is 0.412. The van der Waals surface area contributed by atoms with E-state index in [4.69, 9.17) is 9.47 Å². The number of benzene rings is 2. The van der Waals surface area contributed by atoms with Crippen molar-refractivity contribution < 1.29 is 23.9 Å². The van der Waals surface area contributed by atoms with Crippen LogP contribution in [0.25, 0.3) is 11.3 Å². The number of rotatable bonds is 6. The molecule has 3 amide bonds. The molecule has 5 rings (SSSR count). The van der Waals surface area contributed by atoms with Crippen molar-refractivity contribution in [2.45, 2.75) is 39.2 Å². The predicted molar refractivity (Wildman–Crippen MR) is 176 cm³/mol. The van der Waals surface area contributed by atoms with Crippen molar-refractivity contribution >= 4 is 34.2 Å². The Kier molecular flexibility index (Phi) is 10.5. The maximum absolute atomic E-state index is 13.9. The number of carbonyl (C=O) groups excluding carboxylic acids is 3. The predicted octanol–water partition coefficient (Wildman–Crippen LogP) is 4.75. The van der Waals surface area contributed by atoms with Gasteiger partial charge in [-0.25, -0.2) is 4.98 Å². The van der Waals surface area contributed by atoms with Gasteiger partial charge in [-0.1, -0.05) is 38.1 Å². The number of carbonyl (C=O) groups is 3. The number of aromatic nitrogens is 1. The average Bonchev–Trinajstić information content (AvgIpc) is 3.51. The molecule has 2 aromatic carbocycles. The minimum Gasteiger partial charge on any atom is -0.497 e. The summed E-state index contributed by atoms with van der Waals surface area (Å²) in [5.74, 6) is 1.05. The molecule has 0 unspecified atom stereocenters. The molecular weight excluding hydrogens is 590 g/mol. The smallest absolute Gasteiger partial charge is 0.255 e. The SMILES string of the molecule is COc1ccc(-c2csc(NC(=O)CN3CCC4(C/C=C/CNC(=O)c5ccccc5OC[C@@H](C(C)C)NC4=O)CC3)n2)cc1. The van der Waals surface area contributed by atoms with E-state index in [0.717, 1.165) is 17.0 Å². The summed E-state index contributed by atoms with van der Waals surface area (Å²) in [6.07, 6.45) is 5.65. The van der Waals surface area contributed by atoms with Gasteiger partial charge in [-0.15, -0.1) is 11.3 Å². The molecule has 10 nitrogen and oxygen atoms in total. The van der Waals surface area contributed by atoms with E-state index in [-0.39, 0.29) is 42.8 Å². The molecule has 45 heavy (non-hydrogen) atoms. The van der Waals surface area contributed by atoms with Crippen molar-refractivity contribution in [3.8, 4) is 22.8 Å². The zero-order valence-corrected chi connectivity index (χ0v) is 26.8. The van der Waals surface area contributed by atoms with Crippen molar-refractivity contribution in [2.75, 3.05) is 45.2 Å². The Labute approximate surface area is 268 Å². The van der Waals surface area contributed by atoms with Crippen LogP contribution in [-0.2, 0) is 9.59 Å². The van der Waals surface area contributed by atoms with Gasteiger partial charge in [-0.3, -0.25) is 19.3 Å². The molecule has 1 spiro atoms. The third kappa shape index (κ3) is 8.09. The van der Waals surface area contributed by atoms with E-state index in [1.165, 1.54) is 11.3 Å². The summed E-state index contributed by atoms with van der Waals surface area (Å²) in [5.41, 5.74) is 1.59. The van der Waals surface area contributed by atoms with E-state index >= 15 is 0 Å². The Hall–Kier alpha value is -4.22. The number of thiazole rings is 1. The summed E-state index contributed by atoms with van der Waals surface area (Å²) < 4.78 is 11.3. The lowest BCUT2D eigenvalue weighted by Crippen LogP contribution is -2.54. The summed E-state index contributed by atoms with van der Waals surface area (Å²) in [7, 11) is 1.63. The lowest BCUT2D eigenvalue weighted by Gasteiger charge is -2.41. The molecule has 0 saturated carbocycles. The van der Waals surface area contributed by atoms with Crippen LogP contribution in [0.5, 0.6) is 11.5 Å². The number of nitrogens with one attached hydrogen (secondary N) is 3. The number of ether oxygens (including phenoxy) is 2. The highest BCUT2D eigenvalue weighted by molar-refractivity contribution is 7.14. The standard InChI is InChI=1S/C34H41N5O5S/c1-23(2)27-21-44-29-9-5-4-8-26(29)31(41)35-17-7-6-14-34(32(42)36-27)15-18-39(19-16-34)20-30(40)38-33-37-28(22-45-33)24-10-12-25(43-3)13-11-24/h4-13,22-23,27H,14-21H2,1-3H3,(H,35,41)(H,36,42)(H,37,38,40)/b7-6+/t27-/m0/s1. The van der Waals surface area contributed by atoms with E-state index in [2.05, 4.69) is 25.8 Å². The van der Waals surface area contributed by atoms with Crippen molar-refractivity contribution in [1.29, 1.82) is 0 Å². The molecule has 0 radical (unpaired) electrons. The van der Waals surface area contributed by atoms with Crippen LogP contribution in [0.4, 0.5) is 5.13 Å². The number of methoxy groups -OCH3 is 1. The van der Waals surface area contributed by atoms with Gasteiger partial charge in [0.15, 0.2) is 5.13 Å². The lowest BCUT2D eigenvalue weighted by atomic mass is 9.74. The Balaban J connectivity index is 1.21. The third-order valence-corrected chi connectivity index (χ3v) is 9.28. The summed E-state index contributed by atoms with van der Waals surface area (Å²) in [4.78, 5) is 46.4. The third-order valence-electron chi connectivity index (χ3n) is 8.53. The molecule has 1 fully saturated rings. The van der Waals surface area contributed by atoms with Gasteiger partial charge in [0, 0.05) is 17.5 Å². The maximum atomic E-state index is 13.9. The molecule has 1 atom stereocenters. The van der Waals surface area contributed by atoms with Crippen molar-refractivity contribution in [3.63, 3.8) is 0 Å². The molecule has 2 aliphatic rings. The summed E-state index contributed by atoms with van der Waals surface area (Å²) >= 11 is 1.39. The van der Waals surface area contributed by atoms with Crippen LogP contribution in [0.15, 0.2) is 66.1 Å². The minimum atomic E-state index is -0.620. The zero-order valence-electron chi connectivity index (χ0n) is 26.0. The molecule has 3 heterocycles. The van der Waals surface area contributed by atoms with Gasteiger partial charge in [-0.2, -0.15) is 0 Å². The number of piperidine rings is 1. The van der Waals surface area contributed by atoms with Gasteiger partial charge in [0.1, 0.15) is 18.1 Å². The second kappa shape index (κ2) is 14.7. The zero-order chi connectivity index (χ0) is 31.8. The largest absolute Gasteiger partial charge is 0.497 e. The summed E-state index contributed by atoms with van der Waals surface area (Å²) in [6.45, 7) is 6.14. The fourth-order valence-corrected chi connectivity index (χ4v) is 6.31. The van der Waals surface area contributed by atoms with Gasteiger partial charge in [0.05, 0.1) is 36.4 Å². The minimum absolute atomic E-state index is 0.00165. The maximum Gasteiger partial charge on any atom is 0.255 e. The second-order valence-corrected chi connectivity index (χ2v) is 12.7. The van der Waals surface area contributed by atoms with Crippen LogP contribution in [0.3, 0.4) is 0 Å². The highest BCUT2D eigenvalue weighted by atomic mass is 32.1. The Bertz CT molecular complexity index is 1510. The number of fused-ring (bicyclic) bond motifs is 1. The first kappa shape index (κ1) is 32.2. The molecule has 238 valence electrons. The Morgan fingerprint density at radius 2 is 1.89 bits per heavy atom. The van der Waals surface area contributed by atoms with Crippen molar-refractivity contribution in [2.24, 2.45) is 11.3 Å². The molecule has 1 aromatic heterocycles. The number of para-hydroxylation sites is 1. The van der Waals surface area contributed by atoms with Gasteiger partial charge in [0.25, 0.3) is 5.91 Å². The monoisotopic (exact) mass is 631 g/mol. The first-order chi connectivity index (χ1) is 21.8. The number of nitrogens with zero attached hydrogens (tertiary/aromatic N) is 2. The average molecular weight is 632 g/mol. The van der Waals surface area contributed by atoms with Crippen LogP contribution in [0, 0.1) is 11.3 Å². The first-order valence-corrected chi connectivity index (χ1v) is 16.2. The molecule has 0 bridgehead atoms. The molecule has 0 aliphatic carbocycles.